The van der Waals surface area contributed by atoms with Crippen molar-refractivity contribution in [2.24, 2.45) is 5.92 Å². The van der Waals surface area contributed by atoms with Crippen LogP contribution < -0.4 is 5.32 Å². The number of carboxylic acid groups (broad SMARTS) is 1. The van der Waals surface area contributed by atoms with Gasteiger partial charge in [-0.2, -0.15) is 0 Å². The standard InChI is InChI=1S/C12H21NO3/c1-9(8-10-6-7-10)13-11(14)4-2-3-5-12(15)16/h9-10H,2-8H2,1H3,(H,13,14)(H,15,16). The maximum atomic E-state index is 11.4. The molecule has 0 aliphatic heterocycles. The van der Waals surface area contributed by atoms with E-state index in [4.69, 9.17) is 5.11 Å². The van der Waals surface area contributed by atoms with Gasteiger partial charge in [0.1, 0.15) is 0 Å². The predicted molar refractivity (Wildman–Crippen MR) is 61.0 cm³/mol. The van der Waals surface area contributed by atoms with E-state index in [-0.39, 0.29) is 18.4 Å². The van der Waals surface area contributed by atoms with Crippen LogP contribution in [0.2, 0.25) is 0 Å². The van der Waals surface area contributed by atoms with Crippen LogP contribution in [0.15, 0.2) is 0 Å². The molecule has 92 valence electrons. The molecule has 1 saturated carbocycles. The van der Waals surface area contributed by atoms with Crippen LogP contribution in [0, 0.1) is 5.92 Å². The zero-order chi connectivity index (χ0) is 12.0. The molecule has 4 heteroatoms. The van der Waals surface area contributed by atoms with Crippen molar-refractivity contribution in [1.29, 1.82) is 0 Å². The molecule has 0 spiro atoms. The van der Waals surface area contributed by atoms with Crippen molar-refractivity contribution in [3.63, 3.8) is 0 Å². The molecule has 4 nitrogen and oxygen atoms in total. The number of aliphatic carboxylic acids is 1. The number of carbonyl (C=O) groups is 2. The van der Waals surface area contributed by atoms with Crippen molar-refractivity contribution in [3.8, 4) is 0 Å². The van der Waals surface area contributed by atoms with Crippen molar-refractivity contribution < 1.29 is 14.7 Å². The molecule has 16 heavy (non-hydrogen) atoms. The van der Waals surface area contributed by atoms with Crippen LogP contribution in [-0.2, 0) is 9.59 Å². The van der Waals surface area contributed by atoms with Gasteiger partial charge in [0.2, 0.25) is 5.91 Å². The lowest BCUT2D eigenvalue weighted by atomic mass is 10.1. The molecule has 2 N–H and O–H groups in total. The van der Waals surface area contributed by atoms with E-state index in [1.165, 1.54) is 12.8 Å². The number of carbonyl (C=O) groups excluding carboxylic acids is 1. The molecule has 0 bridgehead atoms. The Hall–Kier alpha value is -1.06. The van der Waals surface area contributed by atoms with Gasteiger partial charge in [-0.1, -0.05) is 12.8 Å². The molecular formula is C12H21NO3. The molecule has 0 aromatic rings. The molecule has 1 aliphatic carbocycles. The number of rotatable bonds is 8. The summed E-state index contributed by atoms with van der Waals surface area (Å²) in [4.78, 5) is 21.7. The van der Waals surface area contributed by atoms with Gasteiger partial charge in [-0.05, 0) is 32.1 Å². The fourth-order valence-electron chi connectivity index (χ4n) is 1.82. The highest BCUT2D eigenvalue weighted by atomic mass is 16.4. The number of unbranched alkanes of at least 4 members (excludes halogenated alkanes) is 1. The maximum absolute atomic E-state index is 11.4. The molecule has 1 aliphatic rings. The average molecular weight is 227 g/mol. The lowest BCUT2D eigenvalue weighted by Gasteiger charge is -2.12. The first-order valence-corrected chi connectivity index (χ1v) is 6.09. The van der Waals surface area contributed by atoms with Crippen molar-refractivity contribution in [2.75, 3.05) is 0 Å². The molecule has 1 unspecified atom stereocenters. The minimum Gasteiger partial charge on any atom is -0.481 e. The quantitative estimate of drug-likeness (QED) is 0.623. The molecule has 1 amide bonds. The number of carboxylic acids is 1. The topological polar surface area (TPSA) is 66.4 Å². The van der Waals surface area contributed by atoms with Crippen molar-refractivity contribution in [2.45, 2.75) is 57.9 Å². The predicted octanol–water partition coefficient (Wildman–Crippen LogP) is 1.94. The van der Waals surface area contributed by atoms with Crippen LogP contribution >= 0.6 is 0 Å². The Balaban J connectivity index is 1.98. The monoisotopic (exact) mass is 227 g/mol. The summed E-state index contributed by atoms with van der Waals surface area (Å²) in [5.74, 6) is 0.0864. The third-order valence-electron chi connectivity index (χ3n) is 2.84. The molecule has 0 saturated heterocycles. The summed E-state index contributed by atoms with van der Waals surface area (Å²) in [7, 11) is 0. The molecule has 1 atom stereocenters. The maximum Gasteiger partial charge on any atom is 0.303 e. The van der Waals surface area contributed by atoms with Gasteiger partial charge in [0.15, 0.2) is 0 Å². The van der Waals surface area contributed by atoms with Crippen molar-refractivity contribution >= 4 is 11.9 Å². The highest BCUT2D eigenvalue weighted by Gasteiger charge is 2.23. The Morgan fingerprint density at radius 2 is 1.94 bits per heavy atom. The molecule has 1 rings (SSSR count). The summed E-state index contributed by atoms with van der Waals surface area (Å²) < 4.78 is 0. The van der Waals surface area contributed by atoms with E-state index < -0.39 is 5.97 Å². The van der Waals surface area contributed by atoms with Gasteiger partial charge in [0, 0.05) is 18.9 Å². The minimum absolute atomic E-state index is 0.0542. The summed E-state index contributed by atoms with van der Waals surface area (Å²) >= 11 is 0. The fraction of sp³-hybridized carbons (Fsp3) is 0.833. The SMILES string of the molecule is CC(CC1CC1)NC(=O)CCCCC(=O)O. The molecule has 0 aromatic heterocycles. The number of amides is 1. The molecule has 1 fully saturated rings. The van der Waals surface area contributed by atoms with E-state index in [0.29, 0.717) is 19.3 Å². The summed E-state index contributed by atoms with van der Waals surface area (Å²) in [5.41, 5.74) is 0. The lowest BCUT2D eigenvalue weighted by molar-refractivity contribution is -0.137. The molecule has 0 heterocycles. The van der Waals surface area contributed by atoms with Crippen LogP contribution in [0.3, 0.4) is 0 Å². The summed E-state index contributed by atoms with van der Waals surface area (Å²) in [6, 6.07) is 0.263. The minimum atomic E-state index is -0.789. The summed E-state index contributed by atoms with van der Waals surface area (Å²) in [6.45, 7) is 2.04. The first-order chi connectivity index (χ1) is 7.58. The van der Waals surface area contributed by atoms with E-state index in [9.17, 15) is 9.59 Å². The Kier molecular flexibility index (Phi) is 5.29. The van der Waals surface area contributed by atoms with Crippen LogP contribution in [-0.4, -0.2) is 23.0 Å². The first-order valence-electron chi connectivity index (χ1n) is 6.09. The smallest absolute Gasteiger partial charge is 0.303 e. The van der Waals surface area contributed by atoms with Crippen LogP contribution in [0.4, 0.5) is 0 Å². The van der Waals surface area contributed by atoms with Crippen molar-refractivity contribution in [3.05, 3.63) is 0 Å². The van der Waals surface area contributed by atoms with Gasteiger partial charge in [0.25, 0.3) is 0 Å². The Bertz CT molecular complexity index is 249. The molecule has 0 aromatic carbocycles. The largest absolute Gasteiger partial charge is 0.481 e. The van der Waals surface area contributed by atoms with Gasteiger partial charge in [-0.3, -0.25) is 9.59 Å². The van der Waals surface area contributed by atoms with E-state index in [2.05, 4.69) is 5.32 Å². The van der Waals surface area contributed by atoms with Gasteiger partial charge < -0.3 is 10.4 Å². The second-order valence-electron chi connectivity index (χ2n) is 4.75. The molecule has 0 radical (unpaired) electrons. The second-order valence-corrected chi connectivity index (χ2v) is 4.75. The van der Waals surface area contributed by atoms with E-state index in [1.807, 2.05) is 6.92 Å². The normalized spacial score (nSPS) is 16.8. The van der Waals surface area contributed by atoms with E-state index >= 15 is 0 Å². The Labute approximate surface area is 96.4 Å². The van der Waals surface area contributed by atoms with E-state index in [0.717, 1.165) is 12.3 Å². The van der Waals surface area contributed by atoms with Gasteiger partial charge >= 0.3 is 5.97 Å². The number of nitrogens with one attached hydrogen (secondary N) is 1. The van der Waals surface area contributed by atoms with Gasteiger partial charge in [-0.15, -0.1) is 0 Å². The first kappa shape index (κ1) is 13.0. The highest BCUT2D eigenvalue weighted by Crippen LogP contribution is 2.33. The van der Waals surface area contributed by atoms with E-state index in [1.54, 1.807) is 0 Å². The molecular weight excluding hydrogens is 206 g/mol. The third kappa shape index (κ3) is 6.43. The summed E-state index contributed by atoms with van der Waals surface area (Å²) in [6.07, 6.45) is 5.54. The zero-order valence-corrected chi connectivity index (χ0v) is 9.87. The average Bonchev–Trinajstić information content (AvgIpc) is 2.95. The lowest BCUT2D eigenvalue weighted by Crippen LogP contribution is -2.32. The van der Waals surface area contributed by atoms with Crippen LogP contribution in [0.5, 0.6) is 0 Å². The van der Waals surface area contributed by atoms with Gasteiger partial charge in [0.05, 0.1) is 0 Å². The fourth-order valence-corrected chi connectivity index (χ4v) is 1.82. The highest BCUT2D eigenvalue weighted by molar-refractivity contribution is 5.76. The van der Waals surface area contributed by atoms with Crippen molar-refractivity contribution in [1.82, 2.24) is 5.32 Å². The van der Waals surface area contributed by atoms with Crippen LogP contribution in [0.25, 0.3) is 0 Å². The number of hydrogen-bond acceptors (Lipinski definition) is 2. The second kappa shape index (κ2) is 6.51. The number of hydrogen-bond donors (Lipinski definition) is 2. The summed E-state index contributed by atoms with van der Waals surface area (Å²) in [5, 5.41) is 11.4. The Morgan fingerprint density at radius 3 is 2.50 bits per heavy atom. The third-order valence-corrected chi connectivity index (χ3v) is 2.84. The van der Waals surface area contributed by atoms with Crippen LogP contribution in [0.1, 0.15) is 51.9 Å². The zero-order valence-electron chi connectivity index (χ0n) is 9.87. The Morgan fingerprint density at radius 1 is 1.31 bits per heavy atom. The van der Waals surface area contributed by atoms with Gasteiger partial charge in [-0.25, -0.2) is 0 Å².